The molecule has 4 N–H and O–H groups in total. The van der Waals surface area contributed by atoms with E-state index in [0.717, 1.165) is 17.7 Å². The number of rotatable bonds is 6. The molecule has 1 amide bonds. The first-order valence-electron chi connectivity index (χ1n) is 6.49. The van der Waals surface area contributed by atoms with Crippen molar-refractivity contribution in [3.63, 3.8) is 0 Å². The summed E-state index contributed by atoms with van der Waals surface area (Å²) in [6.07, 6.45) is 0.743. The molecule has 2 aromatic rings. The lowest BCUT2D eigenvalue weighted by Crippen LogP contribution is -2.25. The van der Waals surface area contributed by atoms with Gasteiger partial charge >= 0.3 is 0 Å². The van der Waals surface area contributed by atoms with Crippen molar-refractivity contribution in [2.24, 2.45) is 0 Å². The third-order valence-electron chi connectivity index (χ3n) is 2.93. The van der Waals surface area contributed by atoms with Crippen LogP contribution >= 0.6 is 11.3 Å². The largest absolute Gasteiger partial charge is 0.497 e. The maximum Gasteiger partial charge on any atom is 0.265 e. The van der Waals surface area contributed by atoms with Gasteiger partial charge in [-0.05, 0) is 24.1 Å². The quantitative estimate of drug-likeness (QED) is 0.756. The van der Waals surface area contributed by atoms with Crippen LogP contribution in [0.3, 0.4) is 0 Å². The van der Waals surface area contributed by atoms with Crippen LogP contribution in [0.2, 0.25) is 0 Å². The second-order valence-corrected chi connectivity index (χ2v) is 5.34. The molecule has 0 spiro atoms. The Hall–Kier alpha value is -2.28. The number of hydrogen-bond donors (Lipinski definition) is 3. The first-order chi connectivity index (χ1) is 10.1. The summed E-state index contributed by atoms with van der Waals surface area (Å²) in [4.78, 5) is 16.5. The smallest absolute Gasteiger partial charge is 0.265 e. The standard InChI is InChI=1S/C14H18N4O2S/c1-16-14-18-12(15)11(21-14)13(19)17-8-7-9-3-5-10(20-2)6-4-9/h3-6H,7-8,15H2,1-2H3,(H,16,18)(H,17,19). The van der Waals surface area contributed by atoms with Gasteiger partial charge in [-0.15, -0.1) is 0 Å². The van der Waals surface area contributed by atoms with Crippen molar-refractivity contribution in [2.45, 2.75) is 6.42 Å². The summed E-state index contributed by atoms with van der Waals surface area (Å²) in [5.41, 5.74) is 6.85. The molecule has 0 saturated carbocycles. The second-order valence-electron chi connectivity index (χ2n) is 4.34. The van der Waals surface area contributed by atoms with E-state index in [9.17, 15) is 4.79 Å². The van der Waals surface area contributed by atoms with Crippen LogP contribution in [0.1, 0.15) is 15.2 Å². The molecular weight excluding hydrogens is 288 g/mol. The number of thiazole rings is 1. The van der Waals surface area contributed by atoms with Crippen LogP contribution in [0, 0.1) is 0 Å². The lowest BCUT2D eigenvalue weighted by molar-refractivity contribution is 0.0959. The monoisotopic (exact) mass is 306 g/mol. The SMILES string of the molecule is CNc1nc(N)c(C(=O)NCCc2ccc(OC)cc2)s1. The number of nitrogen functional groups attached to an aromatic ring is 1. The molecule has 6 nitrogen and oxygen atoms in total. The van der Waals surface area contributed by atoms with Crippen molar-refractivity contribution in [1.29, 1.82) is 0 Å². The van der Waals surface area contributed by atoms with E-state index in [2.05, 4.69) is 15.6 Å². The molecule has 112 valence electrons. The molecular formula is C14H18N4O2S. The van der Waals surface area contributed by atoms with E-state index in [0.29, 0.717) is 16.6 Å². The van der Waals surface area contributed by atoms with Crippen LogP contribution in [0.25, 0.3) is 0 Å². The molecule has 1 aromatic carbocycles. The van der Waals surface area contributed by atoms with Gasteiger partial charge in [0.2, 0.25) is 0 Å². The van der Waals surface area contributed by atoms with Crippen LogP contribution in [0.5, 0.6) is 5.75 Å². The number of nitrogens with two attached hydrogens (primary N) is 1. The summed E-state index contributed by atoms with van der Waals surface area (Å²) in [6.45, 7) is 0.539. The molecule has 2 rings (SSSR count). The minimum atomic E-state index is -0.194. The lowest BCUT2D eigenvalue weighted by Gasteiger charge is -2.05. The van der Waals surface area contributed by atoms with Crippen molar-refractivity contribution in [2.75, 3.05) is 31.8 Å². The fraction of sp³-hybridized carbons (Fsp3) is 0.286. The highest BCUT2D eigenvalue weighted by Gasteiger charge is 2.15. The first kappa shape index (κ1) is 15.1. The highest BCUT2D eigenvalue weighted by Crippen LogP contribution is 2.24. The number of hydrogen-bond acceptors (Lipinski definition) is 6. The van der Waals surface area contributed by atoms with Crippen molar-refractivity contribution in [3.05, 3.63) is 34.7 Å². The molecule has 0 aliphatic carbocycles. The van der Waals surface area contributed by atoms with Gasteiger partial charge in [0.05, 0.1) is 7.11 Å². The molecule has 1 aromatic heterocycles. The van der Waals surface area contributed by atoms with Gasteiger partial charge in [0, 0.05) is 13.6 Å². The predicted molar refractivity (Wildman–Crippen MR) is 85.1 cm³/mol. The number of carbonyl (C=O) groups is 1. The summed E-state index contributed by atoms with van der Waals surface area (Å²) in [6, 6.07) is 7.76. The molecule has 0 fully saturated rings. The molecule has 7 heteroatoms. The highest BCUT2D eigenvalue weighted by atomic mass is 32.1. The highest BCUT2D eigenvalue weighted by molar-refractivity contribution is 7.18. The van der Waals surface area contributed by atoms with Gasteiger partial charge in [-0.1, -0.05) is 23.5 Å². The van der Waals surface area contributed by atoms with E-state index < -0.39 is 0 Å². The van der Waals surface area contributed by atoms with E-state index in [4.69, 9.17) is 10.5 Å². The summed E-state index contributed by atoms with van der Waals surface area (Å²) in [7, 11) is 3.37. The number of amides is 1. The summed E-state index contributed by atoms with van der Waals surface area (Å²) < 4.78 is 5.10. The minimum Gasteiger partial charge on any atom is -0.497 e. The number of methoxy groups -OCH3 is 1. The number of nitrogens with zero attached hydrogens (tertiary/aromatic N) is 1. The topological polar surface area (TPSA) is 89.3 Å². The fourth-order valence-corrected chi connectivity index (χ4v) is 2.55. The number of aromatic nitrogens is 1. The van der Waals surface area contributed by atoms with Crippen LogP contribution in [-0.4, -0.2) is 31.6 Å². The Balaban J connectivity index is 1.87. The summed E-state index contributed by atoms with van der Waals surface area (Å²) in [5, 5.41) is 6.35. The zero-order valence-electron chi connectivity index (χ0n) is 12.0. The Labute approximate surface area is 127 Å². The van der Waals surface area contributed by atoms with Crippen molar-refractivity contribution in [1.82, 2.24) is 10.3 Å². The van der Waals surface area contributed by atoms with Gasteiger partial charge in [-0.2, -0.15) is 0 Å². The number of ether oxygens (including phenoxy) is 1. The van der Waals surface area contributed by atoms with Crippen molar-refractivity contribution < 1.29 is 9.53 Å². The molecule has 1 heterocycles. The van der Waals surface area contributed by atoms with Crippen LogP contribution in [-0.2, 0) is 6.42 Å². The van der Waals surface area contributed by atoms with Crippen LogP contribution in [0.4, 0.5) is 10.9 Å². The van der Waals surface area contributed by atoms with Gasteiger partial charge in [0.15, 0.2) is 5.13 Å². The maximum atomic E-state index is 12.0. The molecule has 0 unspecified atom stereocenters. The molecule has 0 aliphatic heterocycles. The maximum absolute atomic E-state index is 12.0. The fourth-order valence-electron chi connectivity index (χ4n) is 1.79. The average molecular weight is 306 g/mol. The number of nitrogens with one attached hydrogen (secondary N) is 2. The lowest BCUT2D eigenvalue weighted by atomic mass is 10.1. The van der Waals surface area contributed by atoms with Crippen molar-refractivity contribution in [3.8, 4) is 5.75 Å². The molecule has 0 aliphatic rings. The molecule has 21 heavy (non-hydrogen) atoms. The zero-order valence-corrected chi connectivity index (χ0v) is 12.8. The van der Waals surface area contributed by atoms with Crippen LogP contribution in [0.15, 0.2) is 24.3 Å². The van der Waals surface area contributed by atoms with Gasteiger partial charge in [-0.25, -0.2) is 4.98 Å². The molecule has 0 bridgehead atoms. The Morgan fingerprint density at radius 3 is 2.67 bits per heavy atom. The zero-order chi connectivity index (χ0) is 15.2. The number of carbonyl (C=O) groups excluding carboxylic acids is 1. The van der Waals surface area contributed by atoms with E-state index in [1.807, 2.05) is 24.3 Å². The first-order valence-corrected chi connectivity index (χ1v) is 7.31. The normalized spacial score (nSPS) is 10.2. The summed E-state index contributed by atoms with van der Waals surface area (Å²) >= 11 is 1.24. The van der Waals surface area contributed by atoms with Crippen molar-refractivity contribution >= 4 is 28.2 Å². The predicted octanol–water partition coefficient (Wildman–Crippen LogP) is 1.75. The van der Waals surface area contributed by atoms with E-state index in [1.165, 1.54) is 11.3 Å². The third kappa shape index (κ3) is 3.85. The third-order valence-corrected chi connectivity index (χ3v) is 4.02. The molecule has 0 saturated heterocycles. The van der Waals surface area contributed by atoms with Gasteiger partial charge in [0.25, 0.3) is 5.91 Å². The second kappa shape index (κ2) is 6.94. The van der Waals surface area contributed by atoms with Gasteiger partial charge in [0.1, 0.15) is 16.4 Å². The number of anilines is 2. The number of benzene rings is 1. The van der Waals surface area contributed by atoms with E-state index in [-0.39, 0.29) is 11.7 Å². The summed E-state index contributed by atoms with van der Waals surface area (Å²) in [5.74, 6) is 0.881. The van der Waals surface area contributed by atoms with Gasteiger partial charge < -0.3 is 21.1 Å². The Morgan fingerprint density at radius 2 is 2.10 bits per heavy atom. The Bertz CT molecular complexity index is 610. The Kier molecular flexibility index (Phi) is 4.99. The average Bonchev–Trinajstić information content (AvgIpc) is 2.89. The minimum absolute atomic E-state index is 0.194. The Morgan fingerprint density at radius 1 is 1.38 bits per heavy atom. The van der Waals surface area contributed by atoms with Crippen LogP contribution < -0.4 is 21.1 Å². The van der Waals surface area contributed by atoms with E-state index in [1.54, 1.807) is 14.2 Å². The van der Waals surface area contributed by atoms with Gasteiger partial charge in [-0.3, -0.25) is 4.79 Å². The molecule has 0 atom stereocenters. The van der Waals surface area contributed by atoms with E-state index >= 15 is 0 Å². The molecule has 0 radical (unpaired) electrons.